The van der Waals surface area contributed by atoms with Crippen molar-refractivity contribution in [1.29, 1.82) is 0 Å². The Morgan fingerprint density at radius 2 is 1.78 bits per heavy atom. The molecule has 162 valence electrons. The average molecular weight is 436 g/mol. The van der Waals surface area contributed by atoms with Gasteiger partial charge in [0.1, 0.15) is 6.04 Å². The molecule has 0 aliphatic carbocycles. The van der Waals surface area contributed by atoms with Gasteiger partial charge in [0.15, 0.2) is 11.6 Å². The minimum atomic E-state index is -1.26. The molecule has 1 atom stereocenters. The molecule has 2 aromatic carbocycles. The lowest BCUT2D eigenvalue weighted by atomic mass is 10.0. The van der Waals surface area contributed by atoms with E-state index in [9.17, 15) is 18.4 Å². The Bertz CT molecular complexity index is 1320. The molecule has 0 saturated heterocycles. The Kier molecular flexibility index (Phi) is 5.63. The van der Waals surface area contributed by atoms with Crippen molar-refractivity contribution in [3.63, 3.8) is 0 Å². The fourth-order valence-electron chi connectivity index (χ4n) is 3.38. The molecule has 0 aliphatic rings. The molecule has 4 aromatic rings. The number of likely N-dealkylation sites (N-methyl/N-ethyl adjacent to an activating group) is 1. The van der Waals surface area contributed by atoms with E-state index in [0.717, 1.165) is 17.7 Å². The van der Waals surface area contributed by atoms with E-state index in [-0.39, 0.29) is 16.8 Å². The zero-order valence-corrected chi connectivity index (χ0v) is 17.1. The molecule has 4 rings (SSSR count). The summed E-state index contributed by atoms with van der Waals surface area (Å²) in [5, 5.41) is 9.31. The Hall–Kier alpha value is -4.14. The first-order chi connectivity index (χ1) is 15.4. The molecule has 0 aliphatic heterocycles. The lowest BCUT2D eigenvalue weighted by Crippen LogP contribution is -2.39. The minimum Gasteiger partial charge on any atom is -0.357 e. The summed E-state index contributed by atoms with van der Waals surface area (Å²) in [5.74, 6) is -3.41. The van der Waals surface area contributed by atoms with Crippen LogP contribution in [-0.2, 0) is 4.79 Å². The number of benzene rings is 2. The zero-order chi connectivity index (χ0) is 22.8. The number of aryl methyl sites for hydroxylation is 1. The Morgan fingerprint density at radius 3 is 2.47 bits per heavy atom. The van der Waals surface area contributed by atoms with Gasteiger partial charge < -0.3 is 15.2 Å². The van der Waals surface area contributed by atoms with Crippen molar-refractivity contribution in [3.8, 4) is 11.3 Å². The largest absolute Gasteiger partial charge is 0.357 e. The highest BCUT2D eigenvalue weighted by atomic mass is 19.2. The van der Waals surface area contributed by atoms with Crippen LogP contribution in [0.5, 0.6) is 0 Å². The molecule has 0 fully saturated rings. The van der Waals surface area contributed by atoms with Gasteiger partial charge in [0.2, 0.25) is 5.91 Å². The summed E-state index contributed by atoms with van der Waals surface area (Å²) in [6.45, 7) is 1.66. The van der Waals surface area contributed by atoms with Gasteiger partial charge in [0.05, 0.1) is 22.3 Å². The molecule has 2 N–H and O–H groups in total. The van der Waals surface area contributed by atoms with Crippen LogP contribution < -0.4 is 10.6 Å². The van der Waals surface area contributed by atoms with Gasteiger partial charge in [-0.15, -0.1) is 0 Å². The second-order valence-electron chi connectivity index (χ2n) is 7.06. The molecular formula is C23H18F2N4O3. The van der Waals surface area contributed by atoms with Crippen LogP contribution in [0.3, 0.4) is 0 Å². The van der Waals surface area contributed by atoms with Crippen molar-refractivity contribution in [1.82, 2.24) is 20.8 Å². The summed E-state index contributed by atoms with van der Waals surface area (Å²) in [6.07, 6.45) is 0. The molecule has 1 unspecified atom stereocenters. The predicted octanol–water partition coefficient (Wildman–Crippen LogP) is 3.69. The standard InChI is InChI=1S/C23H18F2N4O3/c1-12-19-15(11-18(27-23(19)32-29-12)13-6-4-3-5-7-13)21(30)28-20(22(31)26-2)14-8-9-16(24)17(25)10-14/h3-11,20H,1-2H3,(H,26,31)(H,28,30). The Morgan fingerprint density at radius 1 is 1.03 bits per heavy atom. The summed E-state index contributed by atoms with van der Waals surface area (Å²) >= 11 is 0. The molecule has 2 amide bonds. The molecule has 9 heteroatoms. The van der Waals surface area contributed by atoms with E-state index in [2.05, 4.69) is 20.8 Å². The third-order valence-corrected chi connectivity index (χ3v) is 4.99. The number of rotatable bonds is 5. The number of carbonyl (C=O) groups is 2. The van der Waals surface area contributed by atoms with Crippen molar-refractivity contribution in [2.45, 2.75) is 13.0 Å². The summed E-state index contributed by atoms with van der Waals surface area (Å²) in [5.41, 5.74) is 2.11. The number of fused-ring (bicyclic) bond motifs is 1. The monoisotopic (exact) mass is 436 g/mol. The highest BCUT2D eigenvalue weighted by molar-refractivity contribution is 6.08. The van der Waals surface area contributed by atoms with Gasteiger partial charge >= 0.3 is 0 Å². The van der Waals surface area contributed by atoms with E-state index in [0.29, 0.717) is 16.8 Å². The van der Waals surface area contributed by atoms with E-state index in [4.69, 9.17) is 4.52 Å². The van der Waals surface area contributed by atoms with Crippen molar-refractivity contribution >= 4 is 22.9 Å². The number of nitrogens with one attached hydrogen (secondary N) is 2. The summed E-state index contributed by atoms with van der Waals surface area (Å²) in [6, 6.07) is 12.5. The smallest absolute Gasteiger partial charge is 0.259 e. The predicted molar refractivity (Wildman–Crippen MR) is 113 cm³/mol. The molecule has 2 aromatic heterocycles. The van der Waals surface area contributed by atoms with Crippen LogP contribution in [0.2, 0.25) is 0 Å². The number of aromatic nitrogens is 2. The maximum atomic E-state index is 13.8. The molecule has 7 nitrogen and oxygen atoms in total. The van der Waals surface area contributed by atoms with Crippen LogP contribution in [0, 0.1) is 18.6 Å². The second kappa shape index (κ2) is 8.54. The van der Waals surface area contributed by atoms with Gasteiger partial charge in [-0.25, -0.2) is 13.8 Å². The van der Waals surface area contributed by atoms with Crippen LogP contribution in [0.1, 0.15) is 27.7 Å². The Balaban J connectivity index is 1.78. The molecule has 2 heterocycles. The molecular weight excluding hydrogens is 418 g/mol. The van der Waals surface area contributed by atoms with E-state index in [1.54, 1.807) is 13.0 Å². The summed E-state index contributed by atoms with van der Waals surface area (Å²) < 4.78 is 32.4. The first-order valence-corrected chi connectivity index (χ1v) is 9.69. The summed E-state index contributed by atoms with van der Waals surface area (Å²) in [7, 11) is 1.38. The van der Waals surface area contributed by atoms with E-state index in [1.807, 2.05) is 30.3 Å². The number of pyridine rings is 1. The van der Waals surface area contributed by atoms with Crippen LogP contribution in [0.4, 0.5) is 8.78 Å². The average Bonchev–Trinajstić information content (AvgIpc) is 3.19. The minimum absolute atomic E-state index is 0.0900. The van der Waals surface area contributed by atoms with Gasteiger partial charge in [-0.1, -0.05) is 41.6 Å². The van der Waals surface area contributed by atoms with Gasteiger partial charge in [0, 0.05) is 12.6 Å². The highest BCUT2D eigenvalue weighted by Gasteiger charge is 2.26. The molecule has 0 bridgehead atoms. The van der Waals surface area contributed by atoms with Gasteiger partial charge in [-0.3, -0.25) is 9.59 Å². The van der Waals surface area contributed by atoms with Crippen molar-refractivity contribution in [2.75, 3.05) is 7.05 Å². The molecule has 0 radical (unpaired) electrons. The van der Waals surface area contributed by atoms with Crippen LogP contribution >= 0.6 is 0 Å². The van der Waals surface area contributed by atoms with E-state index >= 15 is 0 Å². The molecule has 0 spiro atoms. The number of halogens is 2. The Labute approximate surface area is 181 Å². The number of carbonyl (C=O) groups excluding carboxylic acids is 2. The third-order valence-electron chi connectivity index (χ3n) is 4.99. The molecule has 32 heavy (non-hydrogen) atoms. The SMILES string of the molecule is CNC(=O)C(NC(=O)c1cc(-c2ccccc2)nc2onc(C)c12)c1ccc(F)c(F)c1. The van der Waals surface area contributed by atoms with Gasteiger partial charge in [-0.05, 0) is 30.7 Å². The van der Waals surface area contributed by atoms with Crippen molar-refractivity contribution in [3.05, 3.63) is 83.1 Å². The molecule has 0 saturated carbocycles. The van der Waals surface area contributed by atoms with Gasteiger partial charge in [0.25, 0.3) is 11.6 Å². The lowest BCUT2D eigenvalue weighted by Gasteiger charge is -2.18. The number of hydrogen-bond acceptors (Lipinski definition) is 5. The number of hydrogen-bond donors (Lipinski definition) is 2. The van der Waals surface area contributed by atoms with E-state index < -0.39 is 29.5 Å². The zero-order valence-electron chi connectivity index (χ0n) is 17.1. The summed E-state index contributed by atoms with van der Waals surface area (Å²) in [4.78, 5) is 30.2. The highest BCUT2D eigenvalue weighted by Crippen LogP contribution is 2.28. The topological polar surface area (TPSA) is 97.1 Å². The third kappa shape index (κ3) is 3.92. The fourth-order valence-corrected chi connectivity index (χ4v) is 3.38. The van der Waals surface area contributed by atoms with Crippen molar-refractivity contribution < 1.29 is 22.9 Å². The van der Waals surface area contributed by atoms with Crippen molar-refractivity contribution in [2.24, 2.45) is 0 Å². The van der Waals surface area contributed by atoms with Crippen LogP contribution in [-0.4, -0.2) is 29.0 Å². The first-order valence-electron chi connectivity index (χ1n) is 9.69. The normalized spacial score (nSPS) is 11.9. The lowest BCUT2D eigenvalue weighted by molar-refractivity contribution is -0.122. The quantitative estimate of drug-likeness (QED) is 0.497. The fraction of sp³-hybridized carbons (Fsp3) is 0.130. The van der Waals surface area contributed by atoms with Crippen LogP contribution in [0.15, 0.2) is 59.1 Å². The first kappa shape index (κ1) is 21.1. The maximum absolute atomic E-state index is 13.8. The second-order valence-corrected chi connectivity index (χ2v) is 7.06. The number of nitrogens with zero attached hydrogens (tertiary/aromatic N) is 2. The van der Waals surface area contributed by atoms with E-state index in [1.165, 1.54) is 13.1 Å². The van der Waals surface area contributed by atoms with Gasteiger partial charge in [-0.2, -0.15) is 0 Å². The van der Waals surface area contributed by atoms with Crippen LogP contribution in [0.25, 0.3) is 22.4 Å². The number of amides is 2. The maximum Gasteiger partial charge on any atom is 0.259 e.